The molecule has 0 saturated carbocycles. The number of hydrogen-bond donors (Lipinski definition) is 1. The van der Waals surface area contributed by atoms with E-state index in [0.717, 1.165) is 17.7 Å². The van der Waals surface area contributed by atoms with Crippen LogP contribution >= 0.6 is 0 Å². The van der Waals surface area contributed by atoms with E-state index in [0.29, 0.717) is 18.0 Å². The molecule has 0 saturated heterocycles. The number of sulfonamides is 1. The van der Waals surface area contributed by atoms with Crippen molar-refractivity contribution in [1.29, 1.82) is 0 Å². The highest BCUT2D eigenvalue weighted by atomic mass is 32.2. The number of ether oxygens (including phenoxy) is 1. The molecule has 1 atom stereocenters. The van der Waals surface area contributed by atoms with Crippen molar-refractivity contribution in [2.45, 2.75) is 51.9 Å². The van der Waals surface area contributed by atoms with Crippen LogP contribution in [0, 0.1) is 5.92 Å². The predicted octanol–water partition coefficient (Wildman–Crippen LogP) is 3.53. The van der Waals surface area contributed by atoms with Crippen LogP contribution in [0.3, 0.4) is 0 Å². The molecule has 1 aromatic carbocycles. The van der Waals surface area contributed by atoms with Crippen LogP contribution in [0.5, 0.6) is 5.75 Å². The maximum atomic E-state index is 12.3. The smallest absolute Gasteiger partial charge is 0.240 e. The van der Waals surface area contributed by atoms with Gasteiger partial charge in [0, 0.05) is 6.54 Å². The zero-order valence-electron chi connectivity index (χ0n) is 13.6. The molecule has 4 nitrogen and oxygen atoms in total. The second kappa shape index (κ2) is 7.80. The Morgan fingerprint density at radius 1 is 1.19 bits per heavy atom. The van der Waals surface area contributed by atoms with Crippen LogP contribution in [0.2, 0.25) is 0 Å². The van der Waals surface area contributed by atoms with Gasteiger partial charge in [-0.1, -0.05) is 27.7 Å². The lowest BCUT2D eigenvalue weighted by molar-refractivity contribution is 0.334. The van der Waals surface area contributed by atoms with Crippen LogP contribution in [0.1, 0.15) is 52.5 Å². The molecule has 0 fully saturated rings. The highest BCUT2D eigenvalue weighted by molar-refractivity contribution is 7.89. The van der Waals surface area contributed by atoms with Crippen LogP contribution < -0.4 is 9.46 Å². The second-order valence-electron chi connectivity index (χ2n) is 5.69. The van der Waals surface area contributed by atoms with Crippen LogP contribution in [0.15, 0.2) is 23.1 Å². The van der Waals surface area contributed by atoms with Gasteiger partial charge in [0.15, 0.2) is 0 Å². The molecule has 21 heavy (non-hydrogen) atoms. The normalized spacial score (nSPS) is 13.4. The molecular formula is C16H27NO3S. The molecule has 0 radical (unpaired) electrons. The van der Waals surface area contributed by atoms with Gasteiger partial charge >= 0.3 is 0 Å². The Bertz CT molecular complexity index is 553. The van der Waals surface area contributed by atoms with Crippen LogP contribution in [-0.4, -0.2) is 21.6 Å². The van der Waals surface area contributed by atoms with Crippen molar-refractivity contribution in [3.63, 3.8) is 0 Å². The van der Waals surface area contributed by atoms with Crippen LogP contribution in [0.25, 0.3) is 0 Å². The summed E-state index contributed by atoms with van der Waals surface area (Å²) < 4.78 is 32.9. The number of nitrogens with one attached hydrogen (secondary N) is 1. The van der Waals surface area contributed by atoms with E-state index in [2.05, 4.69) is 18.6 Å². The molecule has 1 N–H and O–H groups in total. The summed E-state index contributed by atoms with van der Waals surface area (Å²) in [6.45, 7) is 11.1. The minimum Gasteiger partial charge on any atom is -0.494 e. The Morgan fingerprint density at radius 2 is 1.86 bits per heavy atom. The van der Waals surface area contributed by atoms with E-state index in [-0.39, 0.29) is 11.8 Å². The molecular weight excluding hydrogens is 286 g/mol. The van der Waals surface area contributed by atoms with Gasteiger partial charge in [-0.3, -0.25) is 0 Å². The third kappa shape index (κ3) is 5.00. The Kier molecular flexibility index (Phi) is 6.68. The molecule has 0 aliphatic rings. The molecule has 1 rings (SSSR count). The maximum absolute atomic E-state index is 12.3. The van der Waals surface area contributed by atoms with Gasteiger partial charge in [-0.05, 0) is 48.9 Å². The lowest BCUT2D eigenvalue weighted by Crippen LogP contribution is -2.27. The summed E-state index contributed by atoms with van der Waals surface area (Å²) in [6.07, 6.45) is 0.934. The first-order chi connectivity index (χ1) is 9.81. The summed E-state index contributed by atoms with van der Waals surface area (Å²) in [6, 6.07) is 5.11. The fraction of sp³-hybridized carbons (Fsp3) is 0.625. The highest BCUT2D eigenvalue weighted by Crippen LogP contribution is 2.31. The van der Waals surface area contributed by atoms with Crippen molar-refractivity contribution in [1.82, 2.24) is 4.72 Å². The van der Waals surface area contributed by atoms with Gasteiger partial charge in [0.25, 0.3) is 0 Å². The van der Waals surface area contributed by atoms with Gasteiger partial charge in [-0.15, -0.1) is 0 Å². The fourth-order valence-electron chi connectivity index (χ4n) is 1.95. The van der Waals surface area contributed by atoms with Crippen molar-refractivity contribution in [3.05, 3.63) is 23.8 Å². The van der Waals surface area contributed by atoms with Gasteiger partial charge < -0.3 is 4.74 Å². The van der Waals surface area contributed by atoms with Crippen molar-refractivity contribution in [3.8, 4) is 5.75 Å². The number of rotatable bonds is 8. The molecule has 0 amide bonds. The number of hydrogen-bond acceptors (Lipinski definition) is 3. The zero-order valence-corrected chi connectivity index (χ0v) is 14.5. The van der Waals surface area contributed by atoms with E-state index in [9.17, 15) is 8.42 Å². The molecule has 0 aromatic heterocycles. The first kappa shape index (κ1) is 18.0. The molecule has 5 heteroatoms. The van der Waals surface area contributed by atoms with E-state index < -0.39 is 10.0 Å². The minimum absolute atomic E-state index is 0.256. The minimum atomic E-state index is -3.46. The molecule has 0 bridgehead atoms. The zero-order chi connectivity index (χ0) is 16.0. The first-order valence-electron chi connectivity index (χ1n) is 7.58. The third-order valence-corrected chi connectivity index (χ3v) is 4.84. The first-order valence-corrected chi connectivity index (χ1v) is 9.06. The van der Waals surface area contributed by atoms with Gasteiger partial charge in [0.2, 0.25) is 10.0 Å². The quantitative estimate of drug-likeness (QED) is 0.798. The van der Waals surface area contributed by atoms with Crippen LogP contribution in [0.4, 0.5) is 0 Å². The molecule has 0 aliphatic heterocycles. The summed E-state index contributed by atoms with van der Waals surface area (Å²) >= 11 is 0. The van der Waals surface area contributed by atoms with Gasteiger partial charge in [-0.2, -0.15) is 0 Å². The topological polar surface area (TPSA) is 55.4 Å². The standard InChI is InChI=1S/C16H27NO3S/c1-6-13(5)15-10-14(8-9-16(15)20-7-2)21(18,19)17-11-12(3)4/h8-10,12-13,17H,6-7,11H2,1-5H3. The van der Waals surface area contributed by atoms with Crippen molar-refractivity contribution >= 4 is 10.0 Å². The Morgan fingerprint density at radius 3 is 2.38 bits per heavy atom. The highest BCUT2D eigenvalue weighted by Gasteiger charge is 2.18. The van der Waals surface area contributed by atoms with E-state index in [1.54, 1.807) is 18.2 Å². The SMILES string of the molecule is CCOc1ccc(S(=O)(=O)NCC(C)C)cc1C(C)CC. The summed E-state index contributed by atoms with van der Waals surface area (Å²) in [7, 11) is -3.46. The van der Waals surface area contributed by atoms with Crippen molar-refractivity contribution in [2.75, 3.05) is 13.2 Å². The Hall–Kier alpha value is -1.07. The van der Waals surface area contributed by atoms with Gasteiger partial charge in [-0.25, -0.2) is 13.1 Å². The molecule has 0 heterocycles. The van der Waals surface area contributed by atoms with E-state index in [4.69, 9.17) is 4.74 Å². The Labute approximate surface area is 129 Å². The molecule has 1 unspecified atom stereocenters. The van der Waals surface area contributed by atoms with E-state index in [1.165, 1.54) is 0 Å². The molecule has 1 aromatic rings. The average molecular weight is 313 g/mol. The molecule has 0 spiro atoms. The van der Waals surface area contributed by atoms with Gasteiger partial charge in [0.1, 0.15) is 5.75 Å². The summed E-state index contributed by atoms with van der Waals surface area (Å²) in [5.74, 6) is 1.30. The largest absolute Gasteiger partial charge is 0.494 e. The average Bonchev–Trinajstić information content (AvgIpc) is 2.45. The second-order valence-corrected chi connectivity index (χ2v) is 7.45. The van der Waals surface area contributed by atoms with E-state index >= 15 is 0 Å². The van der Waals surface area contributed by atoms with Gasteiger partial charge in [0.05, 0.1) is 11.5 Å². The van der Waals surface area contributed by atoms with Crippen LogP contribution in [-0.2, 0) is 10.0 Å². The lowest BCUT2D eigenvalue weighted by atomic mass is 9.98. The van der Waals surface area contributed by atoms with Crippen molar-refractivity contribution < 1.29 is 13.2 Å². The maximum Gasteiger partial charge on any atom is 0.240 e. The van der Waals surface area contributed by atoms with Crippen molar-refractivity contribution in [2.24, 2.45) is 5.92 Å². The summed E-state index contributed by atoms with van der Waals surface area (Å²) in [5, 5.41) is 0. The molecule has 120 valence electrons. The fourth-order valence-corrected chi connectivity index (χ4v) is 3.19. The van der Waals surface area contributed by atoms with E-state index in [1.807, 2.05) is 20.8 Å². The summed E-state index contributed by atoms with van der Waals surface area (Å²) in [4.78, 5) is 0.307. The molecule has 0 aliphatic carbocycles. The third-order valence-electron chi connectivity index (χ3n) is 3.42. The number of benzene rings is 1. The Balaban J connectivity index is 3.15. The lowest BCUT2D eigenvalue weighted by Gasteiger charge is -2.17. The monoisotopic (exact) mass is 313 g/mol. The summed E-state index contributed by atoms with van der Waals surface area (Å²) in [5.41, 5.74) is 0.951. The predicted molar refractivity (Wildman–Crippen MR) is 86.3 cm³/mol.